The van der Waals surface area contributed by atoms with Gasteiger partial charge in [0.15, 0.2) is 5.82 Å². The maximum absolute atomic E-state index is 13.2. The zero-order chi connectivity index (χ0) is 19.1. The van der Waals surface area contributed by atoms with E-state index in [9.17, 15) is 4.39 Å². The van der Waals surface area contributed by atoms with E-state index in [4.69, 9.17) is 0 Å². The van der Waals surface area contributed by atoms with Gasteiger partial charge < -0.3 is 9.80 Å². The molecule has 1 aromatic heterocycles. The minimum absolute atomic E-state index is 0.197. The third kappa shape index (κ3) is 2.83. The van der Waals surface area contributed by atoms with E-state index in [1.54, 1.807) is 0 Å². The molecule has 4 aromatic rings. The van der Waals surface area contributed by atoms with E-state index < -0.39 is 0 Å². The Morgan fingerprint density at radius 1 is 0.750 bits per heavy atom. The number of piperazine rings is 1. The van der Waals surface area contributed by atoms with Gasteiger partial charge in [0.1, 0.15) is 11.3 Å². The molecule has 0 saturated carbocycles. The Bertz CT molecular complexity index is 1150. The Morgan fingerprint density at radius 2 is 1.46 bits per heavy atom. The summed E-state index contributed by atoms with van der Waals surface area (Å²) in [5, 5.41) is 12.7. The zero-order valence-corrected chi connectivity index (χ0v) is 15.8. The summed E-state index contributed by atoms with van der Waals surface area (Å²) >= 11 is 0. The van der Waals surface area contributed by atoms with Crippen molar-refractivity contribution < 1.29 is 4.39 Å². The van der Waals surface area contributed by atoms with Crippen LogP contribution in [0.3, 0.4) is 0 Å². The third-order valence-corrected chi connectivity index (χ3v) is 5.66. The van der Waals surface area contributed by atoms with Crippen LogP contribution in [0.4, 0.5) is 15.9 Å². The van der Waals surface area contributed by atoms with Gasteiger partial charge >= 0.3 is 0 Å². The second-order valence-electron chi connectivity index (χ2n) is 7.28. The molecular weight excluding hydrogens is 351 g/mol. The Kier molecular flexibility index (Phi) is 4.08. The van der Waals surface area contributed by atoms with E-state index in [2.05, 4.69) is 51.2 Å². The molecule has 0 bridgehead atoms. The Labute approximate surface area is 163 Å². The lowest BCUT2D eigenvalue weighted by atomic mass is 10.0. The average molecular weight is 372 g/mol. The quantitative estimate of drug-likeness (QED) is 0.483. The molecule has 1 saturated heterocycles. The standard InChI is InChI=1S/C23H21FN4/c1-16-20-11-6-17-4-2-3-5-21(17)22(20)25-26-23(16)28-14-12-27(13-15-28)19-9-7-18(24)8-10-19/h2-11H,12-15H2,1H3. The molecule has 140 valence electrons. The summed E-state index contributed by atoms with van der Waals surface area (Å²) in [6, 6.07) is 19.3. The summed E-state index contributed by atoms with van der Waals surface area (Å²) in [7, 11) is 0. The number of anilines is 2. The lowest BCUT2D eigenvalue weighted by Crippen LogP contribution is -2.47. The Balaban J connectivity index is 1.43. The van der Waals surface area contributed by atoms with Gasteiger partial charge in [0, 0.05) is 48.2 Å². The molecule has 1 fully saturated rings. The first-order chi connectivity index (χ1) is 13.7. The van der Waals surface area contributed by atoms with Gasteiger partial charge in [-0.1, -0.05) is 36.4 Å². The molecule has 0 N–H and O–H groups in total. The first kappa shape index (κ1) is 16.9. The molecule has 5 rings (SSSR count). The van der Waals surface area contributed by atoms with Crippen LogP contribution in [-0.4, -0.2) is 36.4 Å². The van der Waals surface area contributed by atoms with Crippen LogP contribution in [-0.2, 0) is 0 Å². The number of hydrogen-bond acceptors (Lipinski definition) is 4. The largest absolute Gasteiger partial charge is 0.368 e. The molecule has 28 heavy (non-hydrogen) atoms. The summed E-state index contributed by atoms with van der Waals surface area (Å²) in [4.78, 5) is 4.59. The third-order valence-electron chi connectivity index (χ3n) is 5.66. The highest BCUT2D eigenvalue weighted by atomic mass is 19.1. The van der Waals surface area contributed by atoms with Crippen molar-refractivity contribution in [2.75, 3.05) is 36.0 Å². The molecule has 0 atom stereocenters. The summed E-state index contributed by atoms with van der Waals surface area (Å²) in [5.74, 6) is 0.763. The van der Waals surface area contributed by atoms with E-state index in [-0.39, 0.29) is 5.82 Å². The van der Waals surface area contributed by atoms with Gasteiger partial charge in [-0.2, -0.15) is 0 Å². The maximum Gasteiger partial charge on any atom is 0.154 e. The molecule has 3 aromatic carbocycles. The van der Waals surface area contributed by atoms with E-state index in [1.807, 2.05) is 24.3 Å². The Morgan fingerprint density at radius 3 is 2.25 bits per heavy atom. The van der Waals surface area contributed by atoms with Crippen LogP contribution in [0.2, 0.25) is 0 Å². The summed E-state index contributed by atoms with van der Waals surface area (Å²) in [5.41, 5.74) is 3.20. The summed E-state index contributed by atoms with van der Waals surface area (Å²) < 4.78 is 13.2. The number of nitrogens with zero attached hydrogens (tertiary/aromatic N) is 4. The van der Waals surface area contributed by atoms with Gasteiger partial charge in [0.2, 0.25) is 0 Å². The molecule has 1 aliphatic heterocycles. The van der Waals surface area contributed by atoms with Gasteiger partial charge in [-0.15, -0.1) is 10.2 Å². The normalized spacial score (nSPS) is 14.8. The van der Waals surface area contributed by atoms with Gasteiger partial charge in [0.25, 0.3) is 0 Å². The highest BCUT2D eigenvalue weighted by Crippen LogP contribution is 2.30. The van der Waals surface area contributed by atoms with Crippen LogP contribution in [0.5, 0.6) is 0 Å². The SMILES string of the molecule is Cc1c(N2CCN(c3ccc(F)cc3)CC2)nnc2c1ccc1ccccc12. The molecule has 0 radical (unpaired) electrons. The minimum atomic E-state index is -0.197. The van der Waals surface area contributed by atoms with Crippen molar-refractivity contribution in [3.8, 4) is 0 Å². The average Bonchev–Trinajstić information content (AvgIpc) is 2.75. The minimum Gasteiger partial charge on any atom is -0.368 e. The number of aryl methyl sites for hydroxylation is 1. The van der Waals surface area contributed by atoms with Crippen LogP contribution in [0.25, 0.3) is 21.7 Å². The van der Waals surface area contributed by atoms with E-state index >= 15 is 0 Å². The predicted octanol–water partition coefficient (Wildman–Crippen LogP) is 4.56. The fourth-order valence-electron chi connectivity index (χ4n) is 4.09. The van der Waals surface area contributed by atoms with Gasteiger partial charge in [-0.25, -0.2) is 4.39 Å². The predicted molar refractivity (Wildman–Crippen MR) is 113 cm³/mol. The van der Waals surface area contributed by atoms with Crippen molar-refractivity contribution >= 4 is 33.2 Å². The van der Waals surface area contributed by atoms with Crippen LogP contribution >= 0.6 is 0 Å². The summed E-state index contributed by atoms with van der Waals surface area (Å²) in [6.07, 6.45) is 0. The highest BCUT2D eigenvalue weighted by Gasteiger charge is 2.21. The molecule has 0 unspecified atom stereocenters. The van der Waals surface area contributed by atoms with Crippen LogP contribution in [0.1, 0.15) is 5.56 Å². The monoisotopic (exact) mass is 372 g/mol. The molecule has 1 aliphatic rings. The molecule has 0 amide bonds. The lowest BCUT2D eigenvalue weighted by molar-refractivity contribution is 0.623. The molecular formula is C23H21FN4. The second-order valence-corrected chi connectivity index (χ2v) is 7.28. The fourth-order valence-corrected chi connectivity index (χ4v) is 4.09. The van der Waals surface area contributed by atoms with Crippen molar-refractivity contribution in [1.29, 1.82) is 0 Å². The van der Waals surface area contributed by atoms with E-state index in [0.717, 1.165) is 54.0 Å². The lowest BCUT2D eigenvalue weighted by Gasteiger charge is -2.37. The number of fused-ring (bicyclic) bond motifs is 3. The van der Waals surface area contributed by atoms with Crippen LogP contribution in [0, 0.1) is 12.7 Å². The first-order valence-electron chi connectivity index (χ1n) is 9.61. The van der Waals surface area contributed by atoms with Crippen molar-refractivity contribution in [3.63, 3.8) is 0 Å². The number of hydrogen-bond donors (Lipinski definition) is 0. The molecule has 0 spiro atoms. The first-order valence-corrected chi connectivity index (χ1v) is 9.61. The zero-order valence-electron chi connectivity index (χ0n) is 15.8. The second kappa shape index (κ2) is 6.75. The van der Waals surface area contributed by atoms with Crippen molar-refractivity contribution in [3.05, 3.63) is 72.0 Å². The van der Waals surface area contributed by atoms with Crippen molar-refractivity contribution in [1.82, 2.24) is 10.2 Å². The van der Waals surface area contributed by atoms with Gasteiger partial charge in [-0.3, -0.25) is 0 Å². The number of rotatable bonds is 2. The van der Waals surface area contributed by atoms with Crippen molar-refractivity contribution in [2.45, 2.75) is 6.92 Å². The fraction of sp³-hybridized carbons (Fsp3) is 0.217. The summed E-state index contributed by atoms with van der Waals surface area (Å²) in [6.45, 7) is 5.62. The number of halogens is 1. The topological polar surface area (TPSA) is 32.3 Å². The van der Waals surface area contributed by atoms with Gasteiger partial charge in [0.05, 0.1) is 0 Å². The van der Waals surface area contributed by atoms with Crippen LogP contribution in [0.15, 0.2) is 60.7 Å². The maximum atomic E-state index is 13.2. The Hall–Kier alpha value is -3.21. The van der Waals surface area contributed by atoms with Crippen molar-refractivity contribution in [2.24, 2.45) is 0 Å². The molecule has 5 heteroatoms. The van der Waals surface area contributed by atoms with E-state index in [0.29, 0.717) is 0 Å². The molecule has 0 aliphatic carbocycles. The molecule has 4 nitrogen and oxygen atoms in total. The number of benzene rings is 3. The van der Waals surface area contributed by atoms with E-state index in [1.165, 1.54) is 23.1 Å². The molecule has 2 heterocycles. The van der Waals surface area contributed by atoms with Crippen LogP contribution < -0.4 is 9.80 Å². The van der Waals surface area contributed by atoms with Gasteiger partial charge in [-0.05, 0) is 36.6 Å². The highest BCUT2D eigenvalue weighted by molar-refractivity contribution is 6.06. The number of aromatic nitrogens is 2. The smallest absolute Gasteiger partial charge is 0.154 e.